The Kier molecular flexibility index (Phi) is 3.98. The number of carbonyl (C=O) groups excluding carboxylic acids is 1. The molecule has 1 aliphatic heterocycles. The van der Waals surface area contributed by atoms with Crippen LogP contribution < -0.4 is 4.90 Å². The number of nitrogens with zero attached hydrogens (tertiary/aromatic N) is 3. The molecule has 5 nitrogen and oxygen atoms in total. The van der Waals surface area contributed by atoms with Gasteiger partial charge in [-0.3, -0.25) is 0 Å². The standard InChI is InChI=1S/C17H21N3O2/c1-12-5-4-6-13-14(17(21)22-3)11-15(18-16(12)13)20-9-7-19(2)8-10-20/h4-6,11H,7-10H2,1-3H3. The molecular weight excluding hydrogens is 278 g/mol. The van der Waals surface area contributed by atoms with Gasteiger partial charge in [0, 0.05) is 31.6 Å². The maximum atomic E-state index is 12.1. The number of para-hydroxylation sites is 1. The number of carbonyl (C=O) groups is 1. The summed E-state index contributed by atoms with van der Waals surface area (Å²) in [6, 6.07) is 7.75. The highest BCUT2D eigenvalue weighted by Gasteiger charge is 2.20. The van der Waals surface area contributed by atoms with Crippen molar-refractivity contribution < 1.29 is 9.53 Å². The molecule has 1 aromatic heterocycles. The van der Waals surface area contributed by atoms with Gasteiger partial charge in [-0.25, -0.2) is 9.78 Å². The highest BCUT2D eigenvalue weighted by molar-refractivity contribution is 6.05. The van der Waals surface area contributed by atoms with Crippen LogP contribution in [-0.4, -0.2) is 56.2 Å². The first-order chi connectivity index (χ1) is 10.6. The molecule has 1 aliphatic rings. The molecule has 0 radical (unpaired) electrons. The topological polar surface area (TPSA) is 45.7 Å². The van der Waals surface area contributed by atoms with Crippen LogP contribution in [0.3, 0.4) is 0 Å². The minimum Gasteiger partial charge on any atom is -0.465 e. The van der Waals surface area contributed by atoms with Crippen molar-refractivity contribution in [2.24, 2.45) is 0 Å². The molecule has 0 bridgehead atoms. The second-order valence-corrected chi connectivity index (χ2v) is 5.78. The molecule has 0 atom stereocenters. The second kappa shape index (κ2) is 5.93. The van der Waals surface area contributed by atoms with E-state index in [0.717, 1.165) is 48.5 Å². The monoisotopic (exact) mass is 299 g/mol. The summed E-state index contributed by atoms with van der Waals surface area (Å²) in [6.07, 6.45) is 0. The third-order valence-corrected chi connectivity index (χ3v) is 4.26. The Morgan fingerprint density at radius 1 is 1.23 bits per heavy atom. The summed E-state index contributed by atoms with van der Waals surface area (Å²) in [5, 5.41) is 0.852. The van der Waals surface area contributed by atoms with Crippen LogP contribution in [0.5, 0.6) is 0 Å². The number of ether oxygens (including phenoxy) is 1. The highest BCUT2D eigenvalue weighted by atomic mass is 16.5. The zero-order chi connectivity index (χ0) is 15.7. The Morgan fingerprint density at radius 3 is 2.64 bits per heavy atom. The van der Waals surface area contributed by atoms with E-state index in [1.165, 1.54) is 7.11 Å². The molecule has 0 aliphatic carbocycles. The highest BCUT2D eigenvalue weighted by Crippen LogP contribution is 2.26. The van der Waals surface area contributed by atoms with Crippen molar-refractivity contribution in [2.75, 3.05) is 45.2 Å². The van der Waals surface area contributed by atoms with Gasteiger partial charge in [-0.05, 0) is 25.6 Å². The molecule has 2 heterocycles. The van der Waals surface area contributed by atoms with Crippen LogP contribution in [0, 0.1) is 6.92 Å². The Balaban J connectivity index is 2.11. The Hall–Kier alpha value is -2.14. The third-order valence-electron chi connectivity index (χ3n) is 4.26. The summed E-state index contributed by atoms with van der Waals surface area (Å²) in [5.41, 5.74) is 2.53. The predicted molar refractivity (Wildman–Crippen MR) is 87.5 cm³/mol. The normalized spacial score (nSPS) is 16.0. The smallest absolute Gasteiger partial charge is 0.338 e. The van der Waals surface area contributed by atoms with Gasteiger partial charge in [-0.1, -0.05) is 18.2 Å². The molecule has 0 saturated carbocycles. The Bertz CT molecular complexity index is 706. The minimum absolute atomic E-state index is 0.312. The zero-order valence-electron chi connectivity index (χ0n) is 13.3. The van der Waals surface area contributed by atoms with Crippen LogP contribution in [0.25, 0.3) is 10.9 Å². The van der Waals surface area contributed by atoms with Crippen LogP contribution in [0.15, 0.2) is 24.3 Å². The lowest BCUT2D eigenvalue weighted by Gasteiger charge is -2.33. The first-order valence-electron chi connectivity index (χ1n) is 7.52. The summed E-state index contributed by atoms with van der Waals surface area (Å²) in [4.78, 5) is 21.5. The van der Waals surface area contributed by atoms with E-state index >= 15 is 0 Å². The molecule has 5 heteroatoms. The molecule has 0 unspecified atom stereocenters. The Morgan fingerprint density at radius 2 is 1.95 bits per heavy atom. The number of pyridine rings is 1. The second-order valence-electron chi connectivity index (χ2n) is 5.78. The average Bonchev–Trinajstić information content (AvgIpc) is 2.54. The van der Waals surface area contributed by atoms with Gasteiger partial charge < -0.3 is 14.5 Å². The summed E-state index contributed by atoms with van der Waals surface area (Å²) in [7, 11) is 3.54. The van der Waals surface area contributed by atoms with Crippen LogP contribution >= 0.6 is 0 Å². The van der Waals surface area contributed by atoms with Gasteiger partial charge >= 0.3 is 5.97 Å². The molecule has 1 aromatic carbocycles. The minimum atomic E-state index is -0.312. The number of piperazine rings is 1. The van der Waals surface area contributed by atoms with Crippen molar-refractivity contribution in [1.29, 1.82) is 0 Å². The van der Waals surface area contributed by atoms with E-state index < -0.39 is 0 Å². The number of likely N-dealkylation sites (N-methyl/N-ethyl adjacent to an activating group) is 1. The van der Waals surface area contributed by atoms with Crippen LogP contribution in [0.1, 0.15) is 15.9 Å². The van der Waals surface area contributed by atoms with E-state index in [9.17, 15) is 4.79 Å². The van der Waals surface area contributed by atoms with E-state index in [2.05, 4.69) is 16.8 Å². The van der Waals surface area contributed by atoms with Gasteiger partial charge in [0.25, 0.3) is 0 Å². The van der Waals surface area contributed by atoms with Gasteiger partial charge in [-0.15, -0.1) is 0 Å². The fourth-order valence-electron chi connectivity index (χ4n) is 2.85. The van der Waals surface area contributed by atoms with Gasteiger partial charge in [-0.2, -0.15) is 0 Å². The lowest BCUT2D eigenvalue weighted by Crippen LogP contribution is -2.44. The van der Waals surface area contributed by atoms with E-state index in [1.807, 2.05) is 31.2 Å². The lowest BCUT2D eigenvalue weighted by molar-refractivity contribution is 0.0603. The van der Waals surface area contributed by atoms with Crippen molar-refractivity contribution in [3.05, 3.63) is 35.4 Å². The molecule has 1 fully saturated rings. The lowest BCUT2D eigenvalue weighted by atomic mass is 10.1. The zero-order valence-corrected chi connectivity index (χ0v) is 13.3. The molecular formula is C17H21N3O2. The number of anilines is 1. The van der Waals surface area contributed by atoms with Crippen molar-refractivity contribution >= 4 is 22.7 Å². The summed E-state index contributed by atoms with van der Waals surface area (Å²) in [5.74, 6) is 0.545. The SMILES string of the molecule is COC(=O)c1cc(N2CCN(C)CC2)nc2c(C)cccc12. The summed E-state index contributed by atoms with van der Waals surface area (Å²) in [6.45, 7) is 5.86. The molecule has 0 N–H and O–H groups in total. The van der Waals surface area contributed by atoms with E-state index in [0.29, 0.717) is 5.56 Å². The third kappa shape index (κ3) is 2.64. The van der Waals surface area contributed by atoms with Gasteiger partial charge in [0.1, 0.15) is 5.82 Å². The first-order valence-corrected chi connectivity index (χ1v) is 7.52. The van der Waals surface area contributed by atoms with Crippen LogP contribution in [-0.2, 0) is 4.74 Å². The number of aromatic nitrogens is 1. The maximum Gasteiger partial charge on any atom is 0.338 e. The number of rotatable bonds is 2. The number of aryl methyl sites for hydroxylation is 1. The van der Waals surface area contributed by atoms with Crippen molar-refractivity contribution in [1.82, 2.24) is 9.88 Å². The molecule has 22 heavy (non-hydrogen) atoms. The fourth-order valence-corrected chi connectivity index (χ4v) is 2.85. The molecule has 0 spiro atoms. The van der Waals surface area contributed by atoms with Gasteiger partial charge in [0.05, 0.1) is 18.2 Å². The number of benzene rings is 1. The van der Waals surface area contributed by atoms with E-state index in [-0.39, 0.29) is 5.97 Å². The van der Waals surface area contributed by atoms with Crippen LogP contribution in [0.2, 0.25) is 0 Å². The number of methoxy groups -OCH3 is 1. The predicted octanol–water partition coefficient (Wildman–Crippen LogP) is 2.08. The molecule has 1 saturated heterocycles. The number of esters is 1. The van der Waals surface area contributed by atoms with Gasteiger partial charge in [0.2, 0.25) is 0 Å². The quantitative estimate of drug-likeness (QED) is 0.795. The average molecular weight is 299 g/mol. The molecule has 3 rings (SSSR count). The van der Waals surface area contributed by atoms with Crippen molar-refractivity contribution in [3.8, 4) is 0 Å². The summed E-state index contributed by atoms with van der Waals surface area (Å²) >= 11 is 0. The van der Waals surface area contributed by atoms with Crippen molar-refractivity contribution in [3.63, 3.8) is 0 Å². The van der Waals surface area contributed by atoms with Gasteiger partial charge in [0.15, 0.2) is 0 Å². The summed E-state index contributed by atoms with van der Waals surface area (Å²) < 4.78 is 4.95. The van der Waals surface area contributed by atoms with Crippen molar-refractivity contribution in [2.45, 2.75) is 6.92 Å². The van der Waals surface area contributed by atoms with Crippen LogP contribution in [0.4, 0.5) is 5.82 Å². The maximum absolute atomic E-state index is 12.1. The van der Waals surface area contributed by atoms with E-state index in [4.69, 9.17) is 9.72 Å². The molecule has 2 aromatic rings. The Labute approximate surface area is 130 Å². The first kappa shape index (κ1) is 14.8. The number of fused-ring (bicyclic) bond motifs is 1. The fraction of sp³-hybridized carbons (Fsp3) is 0.412. The molecule has 0 amide bonds. The number of hydrogen-bond acceptors (Lipinski definition) is 5. The molecule has 116 valence electrons. The largest absolute Gasteiger partial charge is 0.465 e. The van der Waals surface area contributed by atoms with E-state index in [1.54, 1.807) is 0 Å². The number of hydrogen-bond donors (Lipinski definition) is 0.